The zero-order valence-electron chi connectivity index (χ0n) is 11.4. The number of nitrogens with one attached hydrogen (secondary N) is 2. The first kappa shape index (κ1) is 14.0. The van der Waals surface area contributed by atoms with Crippen LogP contribution in [0.3, 0.4) is 0 Å². The van der Waals surface area contributed by atoms with Gasteiger partial charge in [-0.2, -0.15) is 0 Å². The summed E-state index contributed by atoms with van der Waals surface area (Å²) < 4.78 is 5.27. The maximum Gasteiger partial charge on any atom is 0.234 e. The minimum Gasteiger partial charge on any atom is -0.381 e. The fourth-order valence-corrected chi connectivity index (χ4v) is 2.23. The van der Waals surface area contributed by atoms with Gasteiger partial charge in [-0.25, -0.2) is 0 Å². The summed E-state index contributed by atoms with van der Waals surface area (Å²) in [5.74, 6) is 0.0645. The second kappa shape index (κ2) is 7.26. The monoisotopic (exact) mass is 262 g/mol. The lowest BCUT2D eigenvalue weighted by atomic mass is 10.1. The average Bonchev–Trinajstić information content (AvgIpc) is 2.47. The molecule has 2 N–H and O–H groups in total. The third-order valence-corrected chi connectivity index (χ3v) is 3.45. The summed E-state index contributed by atoms with van der Waals surface area (Å²) in [6.07, 6.45) is 1.83. The highest BCUT2D eigenvalue weighted by molar-refractivity contribution is 5.78. The van der Waals surface area contributed by atoms with Crippen molar-refractivity contribution in [3.05, 3.63) is 35.9 Å². The fourth-order valence-electron chi connectivity index (χ4n) is 2.23. The standard InChI is InChI=1S/C15H22N2O2/c1-12(13-5-3-2-4-6-13)16-11-15(18)17-14-7-9-19-10-8-14/h2-6,12,14,16H,7-11H2,1H3,(H,17,18)/t12-/m0/s1. The molecule has 1 heterocycles. The third-order valence-electron chi connectivity index (χ3n) is 3.45. The Morgan fingerprint density at radius 1 is 1.32 bits per heavy atom. The molecule has 0 radical (unpaired) electrons. The molecular formula is C15H22N2O2. The molecule has 1 aliphatic heterocycles. The van der Waals surface area contributed by atoms with Gasteiger partial charge in [0.1, 0.15) is 0 Å². The Kier molecular flexibility index (Phi) is 5.36. The molecule has 4 heteroatoms. The molecule has 0 spiro atoms. The highest BCUT2D eigenvalue weighted by Gasteiger charge is 2.16. The minimum absolute atomic E-state index is 0.0645. The van der Waals surface area contributed by atoms with Crippen LogP contribution in [0, 0.1) is 0 Å². The van der Waals surface area contributed by atoms with Crippen molar-refractivity contribution in [2.75, 3.05) is 19.8 Å². The van der Waals surface area contributed by atoms with Crippen molar-refractivity contribution >= 4 is 5.91 Å². The Labute approximate surface area is 114 Å². The van der Waals surface area contributed by atoms with Crippen molar-refractivity contribution < 1.29 is 9.53 Å². The summed E-state index contributed by atoms with van der Waals surface area (Å²) in [6.45, 7) is 3.92. The van der Waals surface area contributed by atoms with Crippen LogP contribution in [0.2, 0.25) is 0 Å². The third kappa shape index (κ3) is 4.65. The first-order valence-corrected chi connectivity index (χ1v) is 6.91. The molecule has 0 saturated carbocycles. The smallest absolute Gasteiger partial charge is 0.234 e. The molecule has 2 rings (SSSR count). The Balaban J connectivity index is 1.71. The van der Waals surface area contributed by atoms with E-state index >= 15 is 0 Å². The van der Waals surface area contributed by atoms with Crippen LogP contribution >= 0.6 is 0 Å². The molecule has 1 atom stereocenters. The summed E-state index contributed by atoms with van der Waals surface area (Å²) in [5.41, 5.74) is 1.20. The van der Waals surface area contributed by atoms with Crippen LogP contribution in [-0.4, -0.2) is 31.7 Å². The largest absolute Gasteiger partial charge is 0.381 e. The van der Waals surface area contributed by atoms with Gasteiger partial charge in [0.25, 0.3) is 0 Å². The van der Waals surface area contributed by atoms with Gasteiger partial charge < -0.3 is 15.4 Å². The molecule has 0 aromatic heterocycles. The topological polar surface area (TPSA) is 50.4 Å². The SMILES string of the molecule is C[C@H](NCC(=O)NC1CCOCC1)c1ccccc1. The van der Waals surface area contributed by atoms with Crippen LogP contribution in [-0.2, 0) is 9.53 Å². The molecule has 1 amide bonds. The lowest BCUT2D eigenvalue weighted by Gasteiger charge is -2.23. The Morgan fingerprint density at radius 2 is 2.00 bits per heavy atom. The quantitative estimate of drug-likeness (QED) is 0.848. The van der Waals surface area contributed by atoms with Crippen LogP contribution in [0.5, 0.6) is 0 Å². The molecule has 0 aliphatic carbocycles. The number of carbonyl (C=O) groups is 1. The van der Waals surface area contributed by atoms with E-state index in [9.17, 15) is 4.79 Å². The van der Waals surface area contributed by atoms with Gasteiger partial charge in [0.15, 0.2) is 0 Å². The first-order valence-electron chi connectivity index (χ1n) is 6.91. The summed E-state index contributed by atoms with van der Waals surface area (Å²) in [7, 11) is 0. The van der Waals surface area contributed by atoms with Crippen LogP contribution in [0.1, 0.15) is 31.4 Å². The van der Waals surface area contributed by atoms with Gasteiger partial charge >= 0.3 is 0 Å². The van der Waals surface area contributed by atoms with E-state index in [1.807, 2.05) is 18.2 Å². The average molecular weight is 262 g/mol. The maximum atomic E-state index is 11.8. The van der Waals surface area contributed by atoms with Crippen molar-refractivity contribution in [3.8, 4) is 0 Å². The first-order chi connectivity index (χ1) is 9.25. The van der Waals surface area contributed by atoms with Crippen molar-refractivity contribution in [2.24, 2.45) is 0 Å². The second-order valence-electron chi connectivity index (χ2n) is 4.97. The van der Waals surface area contributed by atoms with Crippen LogP contribution in [0.25, 0.3) is 0 Å². The van der Waals surface area contributed by atoms with Gasteiger partial charge in [0.05, 0.1) is 6.54 Å². The summed E-state index contributed by atoms with van der Waals surface area (Å²) in [6, 6.07) is 10.6. The van der Waals surface area contributed by atoms with E-state index in [2.05, 4.69) is 29.7 Å². The molecule has 19 heavy (non-hydrogen) atoms. The molecule has 0 unspecified atom stereocenters. The summed E-state index contributed by atoms with van der Waals surface area (Å²) in [5, 5.41) is 6.29. The van der Waals surface area contributed by atoms with E-state index in [1.165, 1.54) is 5.56 Å². The van der Waals surface area contributed by atoms with Gasteiger partial charge in [-0.1, -0.05) is 30.3 Å². The van der Waals surface area contributed by atoms with Gasteiger partial charge in [0, 0.05) is 25.3 Å². The van der Waals surface area contributed by atoms with Crippen LogP contribution in [0.15, 0.2) is 30.3 Å². The maximum absolute atomic E-state index is 11.8. The molecule has 1 saturated heterocycles. The van der Waals surface area contributed by atoms with Crippen molar-refractivity contribution in [1.29, 1.82) is 0 Å². The Morgan fingerprint density at radius 3 is 2.68 bits per heavy atom. The predicted molar refractivity (Wildman–Crippen MR) is 74.8 cm³/mol. The number of carbonyl (C=O) groups excluding carboxylic acids is 1. The molecule has 0 bridgehead atoms. The number of amides is 1. The molecule has 104 valence electrons. The zero-order chi connectivity index (χ0) is 13.5. The number of hydrogen-bond donors (Lipinski definition) is 2. The van der Waals surface area contributed by atoms with Crippen molar-refractivity contribution in [1.82, 2.24) is 10.6 Å². The zero-order valence-corrected chi connectivity index (χ0v) is 11.4. The number of rotatable bonds is 5. The fraction of sp³-hybridized carbons (Fsp3) is 0.533. The molecule has 1 aromatic carbocycles. The van der Waals surface area contributed by atoms with Gasteiger partial charge in [-0.05, 0) is 25.3 Å². The van der Waals surface area contributed by atoms with Crippen LogP contribution < -0.4 is 10.6 Å². The highest BCUT2D eigenvalue weighted by atomic mass is 16.5. The van der Waals surface area contributed by atoms with E-state index in [0.717, 1.165) is 26.1 Å². The molecule has 1 aromatic rings. The number of hydrogen-bond acceptors (Lipinski definition) is 3. The number of benzene rings is 1. The number of ether oxygens (including phenoxy) is 1. The van der Waals surface area contributed by atoms with E-state index in [4.69, 9.17) is 4.74 Å². The highest BCUT2D eigenvalue weighted by Crippen LogP contribution is 2.10. The van der Waals surface area contributed by atoms with E-state index in [-0.39, 0.29) is 18.0 Å². The molecule has 4 nitrogen and oxygen atoms in total. The van der Waals surface area contributed by atoms with E-state index in [0.29, 0.717) is 6.54 Å². The van der Waals surface area contributed by atoms with E-state index in [1.54, 1.807) is 0 Å². The lowest BCUT2D eigenvalue weighted by Crippen LogP contribution is -2.43. The Hall–Kier alpha value is -1.39. The van der Waals surface area contributed by atoms with Crippen LogP contribution in [0.4, 0.5) is 0 Å². The lowest BCUT2D eigenvalue weighted by molar-refractivity contribution is -0.121. The molecule has 1 fully saturated rings. The van der Waals surface area contributed by atoms with Gasteiger partial charge in [-0.15, -0.1) is 0 Å². The molecule has 1 aliphatic rings. The predicted octanol–water partition coefficient (Wildman–Crippen LogP) is 1.63. The van der Waals surface area contributed by atoms with Gasteiger partial charge in [-0.3, -0.25) is 4.79 Å². The minimum atomic E-state index is 0.0645. The Bertz CT molecular complexity index is 388. The molecular weight excluding hydrogens is 240 g/mol. The second-order valence-corrected chi connectivity index (χ2v) is 4.97. The summed E-state index contributed by atoms with van der Waals surface area (Å²) in [4.78, 5) is 11.8. The normalized spacial score (nSPS) is 17.9. The van der Waals surface area contributed by atoms with E-state index < -0.39 is 0 Å². The summed E-state index contributed by atoms with van der Waals surface area (Å²) >= 11 is 0. The van der Waals surface area contributed by atoms with Crippen molar-refractivity contribution in [3.63, 3.8) is 0 Å². The van der Waals surface area contributed by atoms with Gasteiger partial charge in [0.2, 0.25) is 5.91 Å². The van der Waals surface area contributed by atoms with Crippen molar-refractivity contribution in [2.45, 2.75) is 31.8 Å².